The number of piperazine rings is 1. The van der Waals surface area contributed by atoms with Crippen LogP contribution in [0.15, 0.2) is 30.9 Å². The van der Waals surface area contributed by atoms with E-state index in [0.29, 0.717) is 37.8 Å². The van der Waals surface area contributed by atoms with Gasteiger partial charge in [0.2, 0.25) is 0 Å². The molecule has 0 radical (unpaired) electrons. The molecule has 23 heavy (non-hydrogen) atoms. The highest BCUT2D eigenvalue weighted by Gasteiger charge is 2.40. The van der Waals surface area contributed by atoms with Gasteiger partial charge in [-0.15, -0.1) is 0 Å². The number of rotatable bonds is 3. The normalized spacial score (nSPS) is 18.2. The summed E-state index contributed by atoms with van der Waals surface area (Å²) in [6.07, 6.45) is 2.43. The summed E-state index contributed by atoms with van der Waals surface area (Å²) in [5.41, 5.74) is 0. The summed E-state index contributed by atoms with van der Waals surface area (Å²) in [5, 5.41) is 4.10. The first-order chi connectivity index (χ1) is 10.9. The largest absolute Gasteiger partial charge is 0.403 e. The minimum Gasteiger partial charge on any atom is -0.353 e. The third-order valence-electron chi connectivity index (χ3n) is 4.01. The molecule has 0 spiro atoms. The predicted molar refractivity (Wildman–Crippen MR) is 78.5 cm³/mol. The first kappa shape index (κ1) is 15.7. The molecule has 1 unspecified atom stereocenters. The van der Waals surface area contributed by atoms with Crippen molar-refractivity contribution in [3.63, 3.8) is 0 Å². The zero-order valence-electron chi connectivity index (χ0n) is 12.6. The number of aromatic nitrogens is 4. The molecule has 0 bridgehead atoms. The Kier molecular flexibility index (Phi) is 4.20. The third kappa shape index (κ3) is 3.44. The SMILES string of the molecule is CC(N1CCN(c2cncc(-n3cccn3)n2)CC1)C(F)(F)F. The highest BCUT2D eigenvalue weighted by molar-refractivity contribution is 5.39. The lowest BCUT2D eigenvalue weighted by Gasteiger charge is -2.38. The Hall–Kier alpha value is -2.16. The van der Waals surface area contributed by atoms with E-state index in [0.717, 1.165) is 0 Å². The monoisotopic (exact) mass is 326 g/mol. The van der Waals surface area contributed by atoms with Crippen LogP contribution in [0.4, 0.5) is 19.0 Å². The second-order valence-corrected chi connectivity index (χ2v) is 5.43. The van der Waals surface area contributed by atoms with Crippen LogP contribution in [0.25, 0.3) is 5.82 Å². The number of nitrogens with zero attached hydrogens (tertiary/aromatic N) is 6. The highest BCUT2D eigenvalue weighted by atomic mass is 19.4. The van der Waals surface area contributed by atoms with Crippen LogP contribution in [-0.4, -0.2) is 63.0 Å². The molecular weight excluding hydrogens is 309 g/mol. The van der Waals surface area contributed by atoms with Gasteiger partial charge < -0.3 is 4.90 Å². The van der Waals surface area contributed by atoms with Crippen LogP contribution in [0.2, 0.25) is 0 Å². The fourth-order valence-electron chi connectivity index (χ4n) is 2.56. The molecule has 6 nitrogen and oxygen atoms in total. The van der Waals surface area contributed by atoms with Crippen molar-refractivity contribution in [2.75, 3.05) is 31.1 Å². The number of hydrogen-bond acceptors (Lipinski definition) is 5. The number of halogens is 3. The van der Waals surface area contributed by atoms with E-state index in [2.05, 4.69) is 15.1 Å². The smallest absolute Gasteiger partial charge is 0.353 e. The Morgan fingerprint density at radius 1 is 1.09 bits per heavy atom. The van der Waals surface area contributed by atoms with Crippen molar-refractivity contribution >= 4 is 5.82 Å². The average Bonchev–Trinajstić information content (AvgIpc) is 3.08. The second kappa shape index (κ2) is 6.15. The van der Waals surface area contributed by atoms with Gasteiger partial charge in [-0.05, 0) is 13.0 Å². The summed E-state index contributed by atoms with van der Waals surface area (Å²) >= 11 is 0. The zero-order valence-corrected chi connectivity index (χ0v) is 12.6. The van der Waals surface area contributed by atoms with Crippen LogP contribution in [0.1, 0.15) is 6.92 Å². The summed E-state index contributed by atoms with van der Waals surface area (Å²) in [6.45, 7) is 2.85. The Morgan fingerprint density at radius 2 is 1.78 bits per heavy atom. The Morgan fingerprint density at radius 3 is 2.39 bits per heavy atom. The second-order valence-electron chi connectivity index (χ2n) is 5.43. The summed E-state index contributed by atoms with van der Waals surface area (Å²) < 4.78 is 39.9. The van der Waals surface area contributed by atoms with Gasteiger partial charge in [0.05, 0.1) is 12.4 Å². The fourth-order valence-corrected chi connectivity index (χ4v) is 2.56. The molecule has 1 fully saturated rings. The molecule has 0 saturated carbocycles. The molecule has 1 aliphatic rings. The van der Waals surface area contributed by atoms with Gasteiger partial charge in [0.15, 0.2) is 5.82 Å². The molecule has 2 aromatic rings. The van der Waals surface area contributed by atoms with E-state index in [9.17, 15) is 13.2 Å². The molecule has 124 valence electrons. The van der Waals surface area contributed by atoms with Gasteiger partial charge in [-0.3, -0.25) is 9.88 Å². The molecule has 1 atom stereocenters. The molecule has 1 saturated heterocycles. The molecular formula is C14H17F3N6. The molecule has 1 aliphatic heterocycles. The van der Waals surface area contributed by atoms with E-state index in [1.54, 1.807) is 35.5 Å². The van der Waals surface area contributed by atoms with Crippen LogP contribution in [0.3, 0.4) is 0 Å². The zero-order chi connectivity index (χ0) is 16.4. The maximum Gasteiger partial charge on any atom is 0.403 e. The van der Waals surface area contributed by atoms with E-state index < -0.39 is 12.2 Å². The van der Waals surface area contributed by atoms with Gasteiger partial charge in [0, 0.05) is 38.6 Å². The minimum atomic E-state index is -4.19. The standard InChI is InChI=1S/C14H17F3N6/c1-11(14(15,16)17)21-5-7-22(8-6-21)12-9-18-10-13(20-12)23-4-2-3-19-23/h2-4,9-11H,5-8H2,1H3. The van der Waals surface area contributed by atoms with Crippen molar-refractivity contribution in [1.82, 2.24) is 24.6 Å². The van der Waals surface area contributed by atoms with Gasteiger partial charge in [-0.2, -0.15) is 18.3 Å². The Balaban J connectivity index is 1.67. The average molecular weight is 326 g/mol. The quantitative estimate of drug-likeness (QED) is 0.860. The number of hydrogen-bond donors (Lipinski definition) is 0. The van der Waals surface area contributed by atoms with Crippen molar-refractivity contribution < 1.29 is 13.2 Å². The van der Waals surface area contributed by atoms with Crippen LogP contribution < -0.4 is 4.90 Å². The number of anilines is 1. The third-order valence-corrected chi connectivity index (χ3v) is 4.01. The van der Waals surface area contributed by atoms with Crippen LogP contribution >= 0.6 is 0 Å². The lowest BCUT2D eigenvalue weighted by Crippen LogP contribution is -2.53. The molecule has 3 heterocycles. The maximum absolute atomic E-state index is 12.8. The predicted octanol–water partition coefficient (Wildman–Crippen LogP) is 1.74. The lowest BCUT2D eigenvalue weighted by molar-refractivity contribution is -0.179. The van der Waals surface area contributed by atoms with E-state index in [1.807, 2.05) is 4.90 Å². The first-order valence-electron chi connectivity index (χ1n) is 7.33. The van der Waals surface area contributed by atoms with E-state index in [1.165, 1.54) is 11.8 Å². The van der Waals surface area contributed by atoms with Crippen molar-refractivity contribution in [2.45, 2.75) is 19.1 Å². The number of alkyl halides is 3. The fraction of sp³-hybridized carbons (Fsp3) is 0.500. The highest BCUT2D eigenvalue weighted by Crippen LogP contribution is 2.26. The Labute approximate surface area is 131 Å². The van der Waals surface area contributed by atoms with E-state index >= 15 is 0 Å². The van der Waals surface area contributed by atoms with Gasteiger partial charge in [0.1, 0.15) is 11.9 Å². The molecule has 0 N–H and O–H groups in total. The summed E-state index contributed by atoms with van der Waals surface area (Å²) in [6, 6.07) is 0.359. The molecule has 9 heteroatoms. The molecule has 0 aromatic carbocycles. The lowest BCUT2D eigenvalue weighted by atomic mass is 10.2. The van der Waals surface area contributed by atoms with Crippen molar-refractivity contribution in [2.24, 2.45) is 0 Å². The molecule has 0 aliphatic carbocycles. The summed E-state index contributed by atoms with van der Waals surface area (Å²) in [7, 11) is 0. The maximum atomic E-state index is 12.8. The van der Waals surface area contributed by atoms with E-state index in [4.69, 9.17) is 0 Å². The summed E-state index contributed by atoms with van der Waals surface area (Å²) in [4.78, 5) is 12.0. The van der Waals surface area contributed by atoms with Gasteiger partial charge in [-0.25, -0.2) is 9.67 Å². The van der Waals surface area contributed by atoms with Crippen LogP contribution in [0.5, 0.6) is 0 Å². The van der Waals surface area contributed by atoms with Crippen LogP contribution in [0, 0.1) is 0 Å². The topological polar surface area (TPSA) is 50.1 Å². The minimum absolute atomic E-state index is 0.342. The van der Waals surface area contributed by atoms with Crippen LogP contribution in [-0.2, 0) is 0 Å². The molecule has 0 amide bonds. The van der Waals surface area contributed by atoms with E-state index in [-0.39, 0.29) is 0 Å². The molecule has 2 aromatic heterocycles. The van der Waals surface area contributed by atoms with Gasteiger partial charge in [-0.1, -0.05) is 0 Å². The first-order valence-corrected chi connectivity index (χ1v) is 7.33. The molecule has 3 rings (SSSR count). The van der Waals surface area contributed by atoms with Gasteiger partial charge >= 0.3 is 6.18 Å². The van der Waals surface area contributed by atoms with Gasteiger partial charge in [0.25, 0.3) is 0 Å². The summed E-state index contributed by atoms with van der Waals surface area (Å²) in [5.74, 6) is 1.23. The van der Waals surface area contributed by atoms with Crippen molar-refractivity contribution in [3.05, 3.63) is 30.9 Å². The van der Waals surface area contributed by atoms with Crippen molar-refractivity contribution in [3.8, 4) is 5.82 Å². The Bertz CT molecular complexity index is 634. The van der Waals surface area contributed by atoms with Crippen molar-refractivity contribution in [1.29, 1.82) is 0 Å².